The average molecular weight is 467 g/mol. The van der Waals surface area contributed by atoms with E-state index in [9.17, 15) is 8.78 Å². The highest BCUT2D eigenvalue weighted by Crippen LogP contribution is 2.40. The first-order chi connectivity index (χ1) is 16.0. The van der Waals surface area contributed by atoms with Crippen molar-refractivity contribution in [1.29, 1.82) is 0 Å². The second-order valence-corrected chi connectivity index (χ2v) is 9.40. The lowest BCUT2D eigenvalue weighted by Crippen LogP contribution is -2.23. The predicted molar refractivity (Wildman–Crippen MR) is 129 cm³/mol. The molecular formula is C26H25ClF2N4. The summed E-state index contributed by atoms with van der Waals surface area (Å²) in [6.45, 7) is 2.14. The number of hydrogen-bond donors (Lipinski definition) is 1. The van der Waals surface area contributed by atoms with Gasteiger partial charge in [-0.15, -0.1) is 0 Å². The van der Waals surface area contributed by atoms with E-state index in [2.05, 4.69) is 27.2 Å². The number of aromatic nitrogens is 3. The van der Waals surface area contributed by atoms with Gasteiger partial charge in [0.05, 0.1) is 11.0 Å². The molecule has 2 aromatic carbocycles. The Bertz CT molecular complexity index is 1300. The zero-order chi connectivity index (χ0) is 22.9. The number of nitrogens with zero attached hydrogens (tertiary/aromatic N) is 3. The van der Waals surface area contributed by atoms with Crippen LogP contribution in [0.3, 0.4) is 0 Å². The topological polar surface area (TPSA) is 50.7 Å². The molecule has 0 radical (unpaired) electrons. The molecule has 5 rings (SSSR count). The minimum absolute atomic E-state index is 0.101. The zero-order valence-electron chi connectivity index (χ0n) is 18.4. The summed E-state index contributed by atoms with van der Waals surface area (Å²) in [5.74, 6) is 1.09. The quantitative estimate of drug-likeness (QED) is 0.314. The van der Waals surface area contributed by atoms with Crippen LogP contribution in [0.25, 0.3) is 21.8 Å². The highest BCUT2D eigenvalue weighted by molar-refractivity contribution is 6.28. The summed E-state index contributed by atoms with van der Waals surface area (Å²) in [5, 5.41) is 5.25. The number of hydrogen-bond acceptors (Lipinski definition) is 4. The van der Waals surface area contributed by atoms with Gasteiger partial charge in [-0.1, -0.05) is 0 Å². The van der Waals surface area contributed by atoms with Gasteiger partial charge in [-0.05, 0) is 104 Å². The molecule has 1 saturated carbocycles. The van der Waals surface area contributed by atoms with E-state index in [1.54, 1.807) is 18.2 Å². The number of anilines is 1. The third kappa shape index (κ3) is 4.76. The molecule has 1 aliphatic carbocycles. The fraction of sp³-hybridized carbons (Fsp3) is 0.346. The van der Waals surface area contributed by atoms with Gasteiger partial charge < -0.3 is 5.32 Å². The van der Waals surface area contributed by atoms with Gasteiger partial charge in [-0.2, -0.15) is 0 Å². The minimum Gasteiger partial charge on any atom is -0.367 e. The summed E-state index contributed by atoms with van der Waals surface area (Å²) in [7, 11) is 0. The lowest BCUT2D eigenvalue weighted by Gasteiger charge is -2.31. The van der Waals surface area contributed by atoms with E-state index in [0.717, 1.165) is 48.4 Å². The van der Waals surface area contributed by atoms with Crippen LogP contribution >= 0.6 is 11.6 Å². The van der Waals surface area contributed by atoms with Crippen LogP contribution < -0.4 is 5.32 Å². The molecule has 2 heterocycles. The maximum Gasteiger partial charge on any atom is 0.224 e. The smallest absolute Gasteiger partial charge is 0.224 e. The first-order valence-corrected chi connectivity index (χ1v) is 11.8. The monoisotopic (exact) mass is 466 g/mol. The molecule has 33 heavy (non-hydrogen) atoms. The fourth-order valence-corrected chi connectivity index (χ4v) is 5.36. The van der Waals surface area contributed by atoms with Crippen LogP contribution in [0.15, 0.2) is 48.7 Å². The van der Waals surface area contributed by atoms with Crippen molar-refractivity contribution in [2.75, 3.05) is 5.32 Å². The number of nitrogens with one attached hydrogen (secondary N) is 1. The number of halogens is 3. The fourth-order valence-electron chi connectivity index (χ4n) is 5.18. The van der Waals surface area contributed by atoms with E-state index in [-0.39, 0.29) is 23.0 Å². The highest BCUT2D eigenvalue weighted by Gasteiger charge is 2.25. The normalized spacial score (nSPS) is 19.6. The Morgan fingerprint density at radius 1 is 0.939 bits per heavy atom. The zero-order valence-corrected chi connectivity index (χ0v) is 19.1. The number of pyridine rings is 1. The van der Waals surface area contributed by atoms with Gasteiger partial charge in [-0.3, -0.25) is 4.98 Å². The van der Waals surface area contributed by atoms with Crippen molar-refractivity contribution >= 4 is 39.2 Å². The molecular weight excluding hydrogens is 442 g/mol. The van der Waals surface area contributed by atoms with E-state index in [1.165, 1.54) is 23.8 Å². The minimum atomic E-state index is -0.349. The van der Waals surface area contributed by atoms with E-state index in [1.807, 2.05) is 12.3 Å². The third-order valence-electron chi connectivity index (χ3n) is 6.73. The van der Waals surface area contributed by atoms with Gasteiger partial charge in [0, 0.05) is 29.1 Å². The predicted octanol–water partition coefficient (Wildman–Crippen LogP) is 7.27. The summed E-state index contributed by atoms with van der Waals surface area (Å²) < 4.78 is 27.4. The Morgan fingerprint density at radius 3 is 2.52 bits per heavy atom. The van der Waals surface area contributed by atoms with Crippen LogP contribution in [0.1, 0.15) is 50.5 Å². The maximum atomic E-state index is 13.8. The third-order valence-corrected chi connectivity index (χ3v) is 6.89. The van der Waals surface area contributed by atoms with Gasteiger partial charge in [-0.25, -0.2) is 18.7 Å². The van der Waals surface area contributed by atoms with Crippen molar-refractivity contribution in [3.05, 3.63) is 71.1 Å². The van der Waals surface area contributed by atoms with Crippen molar-refractivity contribution < 1.29 is 8.78 Å². The lowest BCUT2D eigenvalue weighted by atomic mass is 9.76. The maximum absolute atomic E-state index is 13.8. The van der Waals surface area contributed by atoms with E-state index in [4.69, 9.17) is 11.6 Å². The van der Waals surface area contributed by atoms with Gasteiger partial charge >= 0.3 is 0 Å². The first kappa shape index (κ1) is 22.0. The molecule has 4 nitrogen and oxygen atoms in total. The molecule has 0 saturated heterocycles. The molecule has 0 spiro atoms. The van der Waals surface area contributed by atoms with Crippen LogP contribution in [-0.4, -0.2) is 21.0 Å². The molecule has 1 aliphatic rings. The Labute approximate surface area is 196 Å². The molecule has 0 bridgehead atoms. The molecule has 1 fully saturated rings. The van der Waals surface area contributed by atoms with Crippen molar-refractivity contribution in [2.24, 2.45) is 5.92 Å². The Balaban J connectivity index is 1.24. The largest absolute Gasteiger partial charge is 0.367 e. The molecule has 4 aromatic rings. The van der Waals surface area contributed by atoms with Crippen molar-refractivity contribution in [3.8, 4) is 0 Å². The second kappa shape index (κ2) is 9.18. The van der Waals surface area contributed by atoms with Gasteiger partial charge in [0.25, 0.3) is 0 Å². The molecule has 0 aliphatic heterocycles. The number of rotatable bonds is 5. The molecule has 0 unspecified atom stereocenters. The standard InChI is InChI=1S/C26H25ClF2N4/c1-15(31-25-21-8-6-19(29)14-24(21)32-26(27)33-25)12-16-2-4-17(5-3-16)20-10-11-30-23-9-7-18(28)13-22(20)23/h6-11,13-17H,2-5,12H2,1H3,(H,31,32,33)/t15-,16?,17?/m1/s1. The molecule has 1 N–H and O–H groups in total. The lowest BCUT2D eigenvalue weighted by molar-refractivity contribution is 0.302. The van der Waals surface area contributed by atoms with Gasteiger partial charge in [0.2, 0.25) is 5.28 Å². The second-order valence-electron chi connectivity index (χ2n) is 9.06. The summed E-state index contributed by atoms with van der Waals surface area (Å²) in [5.41, 5.74) is 2.55. The van der Waals surface area contributed by atoms with Crippen LogP contribution in [0.4, 0.5) is 14.6 Å². The highest BCUT2D eigenvalue weighted by atomic mass is 35.5. The van der Waals surface area contributed by atoms with E-state index < -0.39 is 0 Å². The van der Waals surface area contributed by atoms with Crippen LogP contribution in [-0.2, 0) is 0 Å². The van der Waals surface area contributed by atoms with E-state index in [0.29, 0.717) is 23.2 Å². The summed E-state index contributed by atoms with van der Waals surface area (Å²) in [6.07, 6.45) is 7.22. The molecule has 1 atom stereocenters. The van der Waals surface area contributed by atoms with Crippen molar-refractivity contribution in [1.82, 2.24) is 15.0 Å². The Kier molecular flexibility index (Phi) is 6.11. The van der Waals surface area contributed by atoms with Crippen LogP contribution in [0.5, 0.6) is 0 Å². The SMILES string of the molecule is C[C@H](CC1CCC(c2ccnc3ccc(F)cc23)CC1)Nc1nc(Cl)nc2cc(F)ccc12. The van der Waals surface area contributed by atoms with Crippen molar-refractivity contribution in [3.63, 3.8) is 0 Å². The van der Waals surface area contributed by atoms with Gasteiger partial charge in [0.15, 0.2) is 0 Å². The van der Waals surface area contributed by atoms with Crippen LogP contribution in [0.2, 0.25) is 5.28 Å². The molecule has 0 amide bonds. The summed E-state index contributed by atoms with van der Waals surface area (Å²) >= 11 is 6.06. The van der Waals surface area contributed by atoms with Gasteiger partial charge in [0.1, 0.15) is 17.5 Å². The van der Waals surface area contributed by atoms with Crippen LogP contribution in [0, 0.1) is 17.6 Å². The average Bonchev–Trinajstić information content (AvgIpc) is 2.78. The Hall–Kier alpha value is -2.86. The Morgan fingerprint density at radius 2 is 1.70 bits per heavy atom. The van der Waals surface area contributed by atoms with Crippen molar-refractivity contribution in [2.45, 2.75) is 51.0 Å². The molecule has 170 valence electrons. The summed E-state index contributed by atoms with van der Waals surface area (Å²) in [4.78, 5) is 12.9. The number of benzene rings is 2. The summed E-state index contributed by atoms with van der Waals surface area (Å²) in [6, 6.07) is 11.5. The molecule has 7 heteroatoms. The molecule has 2 aromatic heterocycles. The number of fused-ring (bicyclic) bond motifs is 2. The van der Waals surface area contributed by atoms with E-state index >= 15 is 0 Å². The first-order valence-electron chi connectivity index (χ1n) is 11.4.